The molecule has 1 heterocycles. The van der Waals surface area contributed by atoms with Gasteiger partial charge in [0.15, 0.2) is 0 Å². The first-order valence-electron chi connectivity index (χ1n) is 5.00. The van der Waals surface area contributed by atoms with E-state index in [2.05, 4.69) is 79.9 Å². The summed E-state index contributed by atoms with van der Waals surface area (Å²) < 4.78 is 4.48. The summed E-state index contributed by atoms with van der Waals surface area (Å²) in [7, 11) is 2.10. The number of hydrogen-bond donors (Lipinski definition) is 0. The molecule has 0 aliphatic rings. The minimum absolute atomic E-state index is 1.12. The molecule has 0 N–H and O–H groups in total. The van der Waals surface area contributed by atoms with Crippen LogP contribution in [0.15, 0.2) is 45.3 Å². The predicted octanol–water partition coefficient (Wildman–Crippen LogP) is 4.86. The van der Waals surface area contributed by atoms with Gasteiger partial charge in [0, 0.05) is 32.3 Å². The van der Waals surface area contributed by atoms with Gasteiger partial charge >= 0.3 is 0 Å². The minimum Gasteiger partial charge on any atom is -0.343 e. The second-order valence-electron chi connectivity index (χ2n) is 3.86. The van der Waals surface area contributed by atoms with E-state index >= 15 is 0 Å². The van der Waals surface area contributed by atoms with Crippen LogP contribution < -0.4 is 0 Å². The van der Waals surface area contributed by atoms with Gasteiger partial charge in [-0.25, -0.2) is 0 Å². The highest BCUT2D eigenvalue weighted by molar-refractivity contribution is 9.11. The number of para-hydroxylation sites is 1. The van der Waals surface area contributed by atoms with Crippen molar-refractivity contribution >= 4 is 53.7 Å². The van der Waals surface area contributed by atoms with Gasteiger partial charge in [0.1, 0.15) is 0 Å². The molecular weight excluding hydrogens is 330 g/mol. The smallest absolute Gasteiger partial charge is 0.0633 e. The molecule has 0 spiro atoms. The molecule has 0 bridgehead atoms. The Hall–Kier alpha value is -0.800. The summed E-state index contributed by atoms with van der Waals surface area (Å²) in [6.45, 7) is 0. The maximum atomic E-state index is 3.61. The van der Waals surface area contributed by atoms with Crippen molar-refractivity contribution in [1.82, 2.24) is 4.57 Å². The molecule has 3 aromatic rings. The van der Waals surface area contributed by atoms with Gasteiger partial charge in [-0.05, 0) is 40.2 Å². The normalized spacial score (nSPS) is 11.4. The van der Waals surface area contributed by atoms with Gasteiger partial charge in [-0.15, -0.1) is 0 Å². The molecule has 0 fully saturated rings. The van der Waals surface area contributed by atoms with Crippen molar-refractivity contribution in [2.24, 2.45) is 7.05 Å². The highest BCUT2D eigenvalue weighted by atomic mass is 79.9. The fourth-order valence-corrected chi connectivity index (χ4v) is 3.20. The van der Waals surface area contributed by atoms with Crippen molar-refractivity contribution in [3.63, 3.8) is 0 Å². The number of fused-ring (bicyclic) bond motifs is 3. The third kappa shape index (κ3) is 1.35. The second kappa shape index (κ2) is 3.60. The van der Waals surface area contributed by atoms with Crippen molar-refractivity contribution in [3.05, 3.63) is 45.3 Å². The molecule has 0 unspecified atom stereocenters. The third-order valence-corrected chi connectivity index (χ3v) is 4.07. The number of benzene rings is 2. The summed E-state index contributed by atoms with van der Waals surface area (Å²) in [4.78, 5) is 0. The fraction of sp³-hybridized carbons (Fsp3) is 0.0769. The first-order chi connectivity index (χ1) is 7.68. The average Bonchev–Trinajstić information content (AvgIpc) is 2.54. The summed E-state index contributed by atoms with van der Waals surface area (Å²) in [6.07, 6.45) is 0. The molecule has 80 valence electrons. The van der Waals surface area contributed by atoms with E-state index in [0.717, 1.165) is 8.95 Å². The highest BCUT2D eigenvalue weighted by Gasteiger charge is 2.10. The molecular formula is C13H9Br2N. The first-order valence-corrected chi connectivity index (χ1v) is 6.59. The summed E-state index contributed by atoms with van der Waals surface area (Å²) in [5, 5.41) is 2.57. The van der Waals surface area contributed by atoms with E-state index < -0.39 is 0 Å². The summed E-state index contributed by atoms with van der Waals surface area (Å²) >= 11 is 7.14. The Kier molecular flexibility index (Phi) is 2.33. The van der Waals surface area contributed by atoms with Gasteiger partial charge in [0.05, 0.1) is 5.52 Å². The van der Waals surface area contributed by atoms with Gasteiger partial charge < -0.3 is 4.57 Å². The van der Waals surface area contributed by atoms with Crippen LogP contribution in [0, 0.1) is 0 Å². The minimum atomic E-state index is 1.12. The zero-order chi connectivity index (χ0) is 11.3. The Bertz CT molecular complexity index is 698. The molecule has 16 heavy (non-hydrogen) atoms. The third-order valence-electron chi connectivity index (χ3n) is 2.93. The van der Waals surface area contributed by atoms with Gasteiger partial charge in [0.2, 0.25) is 0 Å². The second-order valence-corrected chi connectivity index (χ2v) is 5.63. The standard InChI is InChI=1S/C13H9Br2N/c1-16-12-6-5-8(14)7-10(12)9-3-2-4-11(15)13(9)16/h2-7H,1H3. The maximum Gasteiger partial charge on any atom is 0.0633 e. The van der Waals surface area contributed by atoms with E-state index in [1.165, 1.54) is 21.8 Å². The van der Waals surface area contributed by atoms with Crippen molar-refractivity contribution in [1.29, 1.82) is 0 Å². The first kappa shape index (κ1) is 10.4. The lowest BCUT2D eigenvalue weighted by Crippen LogP contribution is -1.86. The molecule has 0 aliphatic carbocycles. The Morgan fingerprint density at radius 2 is 1.81 bits per heavy atom. The van der Waals surface area contributed by atoms with Crippen LogP contribution in [-0.4, -0.2) is 4.57 Å². The van der Waals surface area contributed by atoms with E-state index in [0.29, 0.717) is 0 Å². The molecule has 0 saturated heterocycles. The van der Waals surface area contributed by atoms with Crippen molar-refractivity contribution in [2.45, 2.75) is 0 Å². The lowest BCUT2D eigenvalue weighted by atomic mass is 10.2. The van der Waals surface area contributed by atoms with Gasteiger partial charge in [-0.2, -0.15) is 0 Å². The Morgan fingerprint density at radius 1 is 1.00 bits per heavy atom. The quantitative estimate of drug-likeness (QED) is 0.551. The van der Waals surface area contributed by atoms with Crippen LogP contribution in [-0.2, 0) is 7.05 Å². The molecule has 1 nitrogen and oxygen atoms in total. The average molecular weight is 339 g/mol. The van der Waals surface area contributed by atoms with Crippen LogP contribution in [0.5, 0.6) is 0 Å². The van der Waals surface area contributed by atoms with E-state index in [9.17, 15) is 0 Å². The molecule has 0 saturated carbocycles. The number of rotatable bonds is 0. The van der Waals surface area contributed by atoms with Crippen LogP contribution in [0.1, 0.15) is 0 Å². The zero-order valence-electron chi connectivity index (χ0n) is 8.67. The SMILES string of the molecule is Cn1c2ccc(Br)cc2c2cccc(Br)c21. The zero-order valence-corrected chi connectivity index (χ0v) is 11.8. The number of hydrogen-bond acceptors (Lipinski definition) is 0. The maximum absolute atomic E-state index is 3.61. The molecule has 0 amide bonds. The molecule has 2 aromatic carbocycles. The Morgan fingerprint density at radius 3 is 2.62 bits per heavy atom. The lowest BCUT2D eigenvalue weighted by Gasteiger charge is -1.99. The van der Waals surface area contributed by atoms with Gasteiger partial charge in [-0.1, -0.05) is 28.1 Å². The molecule has 0 radical (unpaired) electrons. The van der Waals surface area contributed by atoms with Crippen molar-refractivity contribution in [2.75, 3.05) is 0 Å². The van der Waals surface area contributed by atoms with Gasteiger partial charge in [0.25, 0.3) is 0 Å². The van der Waals surface area contributed by atoms with Crippen molar-refractivity contribution in [3.8, 4) is 0 Å². The fourth-order valence-electron chi connectivity index (χ4n) is 2.21. The summed E-state index contributed by atoms with van der Waals surface area (Å²) in [5.74, 6) is 0. The van der Waals surface area contributed by atoms with Crippen LogP contribution in [0.4, 0.5) is 0 Å². The molecule has 0 atom stereocenters. The number of aromatic nitrogens is 1. The monoisotopic (exact) mass is 337 g/mol. The van der Waals surface area contributed by atoms with E-state index in [4.69, 9.17) is 0 Å². The van der Waals surface area contributed by atoms with Crippen LogP contribution >= 0.6 is 31.9 Å². The van der Waals surface area contributed by atoms with E-state index in [-0.39, 0.29) is 0 Å². The van der Waals surface area contributed by atoms with Crippen molar-refractivity contribution < 1.29 is 0 Å². The molecule has 3 heteroatoms. The summed E-state index contributed by atoms with van der Waals surface area (Å²) in [6, 6.07) is 12.7. The molecule has 3 rings (SSSR count). The highest BCUT2D eigenvalue weighted by Crippen LogP contribution is 2.33. The van der Waals surface area contributed by atoms with Crippen LogP contribution in [0.25, 0.3) is 21.8 Å². The van der Waals surface area contributed by atoms with E-state index in [1.54, 1.807) is 0 Å². The van der Waals surface area contributed by atoms with E-state index in [1.807, 2.05) is 0 Å². The predicted molar refractivity (Wildman–Crippen MR) is 75.8 cm³/mol. The van der Waals surface area contributed by atoms with Crippen LogP contribution in [0.2, 0.25) is 0 Å². The number of aryl methyl sites for hydroxylation is 1. The number of halogens is 2. The molecule has 1 aromatic heterocycles. The molecule has 0 aliphatic heterocycles. The lowest BCUT2D eigenvalue weighted by molar-refractivity contribution is 1.01. The largest absolute Gasteiger partial charge is 0.343 e. The Balaban J connectivity index is 2.65. The van der Waals surface area contributed by atoms with Gasteiger partial charge in [-0.3, -0.25) is 0 Å². The number of nitrogens with zero attached hydrogens (tertiary/aromatic N) is 1. The Labute approximate surface area is 110 Å². The topological polar surface area (TPSA) is 4.93 Å². The van der Waals surface area contributed by atoms with Crippen LogP contribution in [0.3, 0.4) is 0 Å². The summed E-state index contributed by atoms with van der Waals surface area (Å²) in [5.41, 5.74) is 2.50.